The molecule has 0 aliphatic heterocycles. The number of aromatic nitrogens is 1. The zero-order chi connectivity index (χ0) is 14.5. The highest BCUT2D eigenvalue weighted by atomic mass is 19.1. The van der Waals surface area contributed by atoms with Crippen LogP contribution in [-0.4, -0.2) is 19.1 Å². The van der Waals surface area contributed by atoms with Crippen molar-refractivity contribution in [3.05, 3.63) is 54.0 Å². The van der Waals surface area contributed by atoms with Crippen molar-refractivity contribution in [3.63, 3.8) is 0 Å². The second-order valence-corrected chi connectivity index (χ2v) is 4.90. The first-order valence-corrected chi connectivity index (χ1v) is 6.76. The maximum atomic E-state index is 13.9. The number of pyridine rings is 1. The summed E-state index contributed by atoms with van der Waals surface area (Å²) in [5, 5.41) is 3.39. The highest BCUT2D eigenvalue weighted by molar-refractivity contribution is 5.65. The van der Waals surface area contributed by atoms with Crippen molar-refractivity contribution in [1.82, 2.24) is 4.98 Å². The Morgan fingerprint density at radius 3 is 2.60 bits per heavy atom. The summed E-state index contributed by atoms with van der Waals surface area (Å²) in [5.41, 5.74) is 1.59. The van der Waals surface area contributed by atoms with Crippen LogP contribution in [0.5, 0.6) is 0 Å². The first-order valence-electron chi connectivity index (χ1n) is 6.76. The zero-order valence-corrected chi connectivity index (χ0v) is 12.1. The molecule has 106 valence electrons. The van der Waals surface area contributed by atoms with Crippen molar-refractivity contribution < 1.29 is 4.39 Å². The van der Waals surface area contributed by atoms with E-state index < -0.39 is 0 Å². The second kappa shape index (κ2) is 6.37. The van der Waals surface area contributed by atoms with Gasteiger partial charge in [0.15, 0.2) is 5.82 Å². The first-order chi connectivity index (χ1) is 9.63. The van der Waals surface area contributed by atoms with Crippen LogP contribution in [0.2, 0.25) is 0 Å². The maximum absolute atomic E-state index is 13.9. The minimum Gasteiger partial charge on any atom is -0.375 e. The summed E-state index contributed by atoms with van der Waals surface area (Å²) in [5.74, 6) is 0.671. The molecule has 2 rings (SSSR count). The summed E-state index contributed by atoms with van der Waals surface area (Å²) in [6.07, 6.45) is 2.55. The molecule has 4 heteroatoms. The predicted octanol–water partition coefficient (Wildman–Crippen LogP) is 3.85. The summed E-state index contributed by atoms with van der Waals surface area (Å²) in [7, 11) is 3.88. The third kappa shape index (κ3) is 3.07. The summed E-state index contributed by atoms with van der Waals surface area (Å²) in [6.45, 7) is 2.04. The van der Waals surface area contributed by atoms with E-state index in [9.17, 15) is 4.39 Å². The van der Waals surface area contributed by atoms with Crippen molar-refractivity contribution in [2.75, 3.05) is 24.3 Å². The van der Waals surface area contributed by atoms with Gasteiger partial charge in [-0.15, -0.1) is 0 Å². The lowest BCUT2D eigenvalue weighted by molar-refractivity contribution is 0.587. The number of hydrogen-bond acceptors (Lipinski definition) is 3. The van der Waals surface area contributed by atoms with Crippen molar-refractivity contribution in [1.29, 1.82) is 0 Å². The summed E-state index contributed by atoms with van der Waals surface area (Å²) >= 11 is 0. The van der Waals surface area contributed by atoms with Crippen LogP contribution in [-0.2, 0) is 0 Å². The molecule has 0 saturated carbocycles. The number of halogens is 1. The molecule has 0 aliphatic rings. The van der Waals surface area contributed by atoms with Crippen LogP contribution in [0.4, 0.5) is 15.9 Å². The van der Waals surface area contributed by atoms with E-state index >= 15 is 0 Å². The largest absolute Gasteiger partial charge is 0.375 e. The van der Waals surface area contributed by atoms with E-state index in [2.05, 4.69) is 10.3 Å². The molecule has 1 unspecified atom stereocenters. The van der Waals surface area contributed by atoms with Crippen LogP contribution in [0, 0.1) is 5.82 Å². The van der Waals surface area contributed by atoms with Gasteiger partial charge in [0.05, 0.1) is 11.7 Å². The van der Waals surface area contributed by atoms with E-state index in [1.165, 1.54) is 6.07 Å². The Hall–Kier alpha value is -2.10. The fraction of sp³-hybridized carbons (Fsp3) is 0.312. The van der Waals surface area contributed by atoms with E-state index in [0.29, 0.717) is 5.56 Å². The Kier molecular flexibility index (Phi) is 4.56. The number of hydrogen-bond donors (Lipinski definition) is 1. The number of nitrogens with one attached hydrogen (secondary N) is 1. The van der Waals surface area contributed by atoms with E-state index in [0.717, 1.165) is 17.9 Å². The fourth-order valence-corrected chi connectivity index (χ4v) is 2.21. The van der Waals surface area contributed by atoms with E-state index in [1.54, 1.807) is 12.3 Å². The molecule has 20 heavy (non-hydrogen) atoms. The SMILES string of the molecule is CCC(Nc1cccnc1N(C)C)c1ccccc1F. The smallest absolute Gasteiger partial charge is 0.151 e. The third-order valence-corrected chi connectivity index (χ3v) is 3.23. The van der Waals surface area contributed by atoms with Crippen LogP contribution in [0.1, 0.15) is 24.9 Å². The van der Waals surface area contributed by atoms with Gasteiger partial charge < -0.3 is 10.2 Å². The van der Waals surface area contributed by atoms with Gasteiger partial charge in [-0.05, 0) is 24.6 Å². The molecule has 0 spiro atoms. The molecule has 1 N–H and O–H groups in total. The van der Waals surface area contributed by atoms with Gasteiger partial charge in [-0.3, -0.25) is 0 Å². The molecule has 3 nitrogen and oxygen atoms in total. The minimum atomic E-state index is -0.179. The molecule has 0 bridgehead atoms. The Bertz CT molecular complexity index is 569. The Morgan fingerprint density at radius 2 is 1.95 bits per heavy atom. The molecule has 0 aliphatic carbocycles. The summed E-state index contributed by atoms with van der Waals surface area (Å²) in [6, 6.07) is 10.7. The number of nitrogens with zero attached hydrogens (tertiary/aromatic N) is 2. The van der Waals surface area contributed by atoms with Gasteiger partial charge in [0.2, 0.25) is 0 Å². The van der Waals surface area contributed by atoms with Gasteiger partial charge in [0, 0.05) is 25.9 Å². The predicted molar refractivity (Wildman–Crippen MR) is 81.6 cm³/mol. The zero-order valence-electron chi connectivity index (χ0n) is 12.1. The van der Waals surface area contributed by atoms with Crippen molar-refractivity contribution in [2.45, 2.75) is 19.4 Å². The molecule has 0 radical (unpaired) electrons. The number of benzene rings is 1. The average Bonchev–Trinajstić information content (AvgIpc) is 2.46. The molecular formula is C16H20FN3. The van der Waals surface area contributed by atoms with E-state index in [1.807, 2.05) is 50.2 Å². The highest BCUT2D eigenvalue weighted by Gasteiger charge is 2.15. The maximum Gasteiger partial charge on any atom is 0.151 e. The van der Waals surface area contributed by atoms with Crippen LogP contribution in [0.15, 0.2) is 42.6 Å². The quantitative estimate of drug-likeness (QED) is 0.897. The van der Waals surface area contributed by atoms with Crippen molar-refractivity contribution in [3.8, 4) is 0 Å². The van der Waals surface area contributed by atoms with Gasteiger partial charge in [0.1, 0.15) is 5.82 Å². The van der Waals surface area contributed by atoms with Gasteiger partial charge in [-0.1, -0.05) is 25.1 Å². The molecule has 2 aromatic rings. The molecule has 1 atom stereocenters. The lowest BCUT2D eigenvalue weighted by atomic mass is 10.0. The fourth-order valence-electron chi connectivity index (χ4n) is 2.21. The Morgan fingerprint density at radius 1 is 1.20 bits per heavy atom. The van der Waals surface area contributed by atoms with E-state index in [4.69, 9.17) is 0 Å². The van der Waals surface area contributed by atoms with Crippen molar-refractivity contribution >= 4 is 11.5 Å². The molecule has 0 saturated heterocycles. The Balaban J connectivity index is 2.30. The van der Waals surface area contributed by atoms with Gasteiger partial charge in [-0.25, -0.2) is 9.37 Å². The lowest BCUT2D eigenvalue weighted by Gasteiger charge is -2.23. The van der Waals surface area contributed by atoms with Gasteiger partial charge in [0.25, 0.3) is 0 Å². The highest BCUT2D eigenvalue weighted by Crippen LogP contribution is 2.28. The Labute approximate surface area is 119 Å². The van der Waals surface area contributed by atoms with E-state index in [-0.39, 0.29) is 11.9 Å². The molecule has 1 aromatic carbocycles. The molecule has 0 amide bonds. The van der Waals surface area contributed by atoms with Crippen molar-refractivity contribution in [2.24, 2.45) is 0 Å². The van der Waals surface area contributed by atoms with Crippen LogP contribution < -0.4 is 10.2 Å². The molecule has 1 heterocycles. The topological polar surface area (TPSA) is 28.2 Å². The van der Waals surface area contributed by atoms with Crippen LogP contribution in [0.25, 0.3) is 0 Å². The molecular weight excluding hydrogens is 253 g/mol. The molecule has 0 fully saturated rings. The third-order valence-electron chi connectivity index (χ3n) is 3.23. The minimum absolute atomic E-state index is 0.0703. The van der Waals surface area contributed by atoms with Gasteiger partial charge in [-0.2, -0.15) is 0 Å². The first kappa shape index (κ1) is 14.3. The number of rotatable bonds is 5. The summed E-state index contributed by atoms with van der Waals surface area (Å²) < 4.78 is 13.9. The lowest BCUT2D eigenvalue weighted by Crippen LogP contribution is -2.17. The normalized spacial score (nSPS) is 12.0. The van der Waals surface area contributed by atoms with Gasteiger partial charge >= 0.3 is 0 Å². The average molecular weight is 273 g/mol. The standard InChI is InChI=1S/C16H20FN3/c1-4-14(12-8-5-6-9-13(12)17)19-15-10-7-11-18-16(15)20(2)3/h5-11,14,19H,4H2,1-3H3. The second-order valence-electron chi connectivity index (χ2n) is 4.90. The molecule has 1 aromatic heterocycles. The monoisotopic (exact) mass is 273 g/mol. The summed E-state index contributed by atoms with van der Waals surface area (Å²) in [4.78, 5) is 6.29. The van der Waals surface area contributed by atoms with Crippen LogP contribution in [0.3, 0.4) is 0 Å². The number of anilines is 2. The van der Waals surface area contributed by atoms with Crippen LogP contribution >= 0.6 is 0 Å².